The highest BCUT2D eigenvalue weighted by atomic mass is 79.9. The van der Waals surface area contributed by atoms with Crippen molar-refractivity contribution < 1.29 is 16.8 Å². The molecule has 0 aromatic rings. The lowest BCUT2D eigenvalue weighted by Gasteiger charge is -2.03. The minimum absolute atomic E-state index is 0.153. The third-order valence-electron chi connectivity index (χ3n) is 1.18. The van der Waals surface area contributed by atoms with Crippen LogP contribution in [0, 0.1) is 0 Å². The highest BCUT2D eigenvalue weighted by Gasteiger charge is 2.05. The zero-order valence-electron chi connectivity index (χ0n) is 7.66. The molecule has 14 heavy (non-hydrogen) atoms. The molecule has 0 aliphatic carbocycles. The van der Waals surface area contributed by atoms with Crippen LogP contribution in [0.2, 0.25) is 0 Å². The van der Waals surface area contributed by atoms with Gasteiger partial charge in [0, 0.05) is 13.1 Å². The van der Waals surface area contributed by atoms with Crippen LogP contribution in [0.15, 0.2) is 0 Å². The molecule has 2 N–H and O–H groups in total. The molecule has 0 aromatic heterocycles. The van der Waals surface area contributed by atoms with Crippen LogP contribution in [0.4, 0.5) is 0 Å². The average molecular weight is 309 g/mol. The van der Waals surface area contributed by atoms with E-state index in [2.05, 4.69) is 25.4 Å². The largest absolute Gasteiger partial charge is 0.221 e. The fourth-order valence-corrected chi connectivity index (χ4v) is 2.15. The number of hydrogen-bond donors (Lipinski definition) is 2. The van der Waals surface area contributed by atoms with Crippen molar-refractivity contribution in [2.45, 2.75) is 6.42 Å². The highest BCUT2D eigenvalue weighted by molar-refractivity contribution is 9.10. The lowest BCUT2D eigenvalue weighted by molar-refractivity contribution is 0.578. The quantitative estimate of drug-likeness (QED) is 0.475. The number of nitrogens with one attached hydrogen (secondary N) is 2. The Labute approximate surface area is 92.7 Å². The molecule has 0 bridgehead atoms. The van der Waals surface area contributed by atoms with Gasteiger partial charge in [0.05, 0.1) is 6.26 Å². The minimum Gasteiger partial charge on any atom is -0.215 e. The van der Waals surface area contributed by atoms with Crippen molar-refractivity contribution in [1.29, 1.82) is 0 Å². The van der Waals surface area contributed by atoms with Gasteiger partial charge in [0.1, 0.15) is 4.66 Å². The Balaban J connectivity index is 3.59. The first-order valence-electron chi connectivity index (χ1n) is 3.75. The van der Waals surface area contributed by atoms with Gasteiger partial charge in [0.15, 0.2) is 0 Å². The van der Waals surface area contributed by atoms with E-state index in [4.69, 9.17) is 0 Å². The summed E-state index contributed by atoms with van der Waals surface area (Å²) in [5, 5.41) is 0. The molecule has 0 rings (SSSR count). The molecule has 0 atom stereocenters. The topological polar surface area (TPSA) is 92.3 Å². The van der Waals surface area contributed by atoms with E-state index in [0.717, 1.165) is 6.26 Å². The van der Waals surface area contributed by atoms with Crippen LogP contribution in [-0.4, -0.2) is 40.8 Å². The molecule has 0 spiro atoms. The first kappa shape index (κ1) is 14.3. The monoisotopic (exact) mass is 308 g/mol. The van der Waals surface area contributed by atoms with Crippen molar-refractivity contribution in [2.24, 2.45) is 0 Å². The second-order valence-corrected chi connectivity index (χ2v) is 7.58. The number of halogens is 1. The van der Waals surface area contributed by atoms with Crippen LogP contribution in [0.25, 0.3) is 0 Å². The van der Waals surface area contributed by atoms with Crippen molar-refractivity contribution >= 4 is 36.0 Å². The molecule has 0 aromatic carbocycles. The molecule has 0 saturated heterocycles. The molecule has 86 valence electrons. The van der Waals surface area contributed by atoms with Crippen LogP contribution in [0.3, 0.4) is 0 Å². The molecule has 0 heterocycles. The molecule has 0 fully saturated rings. The van der Waals surface area contributed by atoms with E-state index in [1.165, 1.54) is 0 Å². The Morgan fingerprint density at radius 1 is 1.07 bits per heavy atom. The van der Waals surface area contributed by atoms with Gasteiger partial charge in [-0.3, -0.25) is 0 Å². The Morgan fingerprint density at radius 2 is 1.57 bits per heavy atom. The van der Waals surface area contributed by atoms with Crippen molar-refractivity contribution in [3.63, 3.8) is 0 Å². The molecule has 9 heteroatoms. The third kappa shape index (κ3) is 8.88. The summed E-state index contributed by atoms with van der Waals surface area (Å²) in [5.41, 5.74) is 0. The van der Waals surface area contributed by atoms with Gasteiger partial charge in [-0.25, -0.2) is 26.3 Å². The van der Waals surface area contributed by atoms with Gasteiger partial charge in [-0.1, -0.05) is 15.9 Å². The standard InChI is InChI=1S/C5H13BrN2O4S2/c1-13(9,10)7-3-2-4-8-14(11,12)5-6/h7-8H,2-5H2,1H3. The molecule has 0 radical (unpaired) electrons. The fraction of sp³-hybridized carbons (Fsp3) is 1.00. The fourth-order valence-electron chi connectivity index (χ4n) is 0.612. The Hall–Kier alpha value is 0.300. The highest BCUT2D eigenvalue weighted by Crippen LogP contribution is 1.90. The van der Waals surface area contributed by atoms with E-state index in [-0.39, 0.29) is 17.8 Å². The number of rotatable bonds is 7. The SMILES string of the molecule is CS(=O)(=O)NCCCNS(=O)(=O)CBr. The average Bonchev–Trinajstić information content (AvgIpc) is 2.01. The van der Waals surface area contributed by atoms with E-state index in [0.29, 0.717) is 6.42 Å². The van der Waals surface area contributed by atoms with Gasteiger partial charge in [0.25, 0.3) is 0 Å². The molecule has 0 aliphatic rings. The second-order valence-electron chi connectivity index (χ2n) is 2.64. The molecular formula is C5H13BrN2O4S2. The van der Waals surface area contributed by atoms with E-state index in [1.54, 1.807) is 0 Å². The third-order valence-corrected chi connectivity index (χ3v) is 4.65. The summed E-state index contributed by atoms with van der Waals surface area (Å²) in [5.74, 6) is 0. The summed E-state index contributed by atoms with van der Waals surface area (Å²) in [6, 6.07) is 0. The van der Waals surface area contributed by atoms with Crippen LogP contribution in [0.1, 0.15) is 6.42 Å². The normalized spacial score (nSPS) is 13.0. The van der Waals surface area contributed by atoms with E-state index >= 15 is 0 Å². The Morgan fingerprint density at radius 3 is 2.00 bits per heavy atom. The van der Waals surface area contributed by atoms with Crippen LogP contribution in [-0.2, 0) is 20.0 Å². The second kappa shape index (κ2) is 6.01. The van der Waals surface area contributed by atoms with Crippen LogP contribution >= 0.6 is 15.9 Å². The van der Waals surface area contributed by atoms with E-state index in [9.17, 15) is 16.8 Å². The van der Waals surface area contributed by atoms with Gasteiger partial charge in [-0.15, -0.1) is 0 Å². The van der Waals surface area contributed by atoms with Gasteiger partial charge in [-0.05, 0) is 6.42 Å². The summed E-state index contributed by atoms with van der Waals surface area (Å²) in [6.45, 7) is 0.445. The maximum Gasteiger partial charge on any atom is 0.221 e. The first-order valence-corrected chi connectivity index (χ1v) is 8.41. The van der Waals surface area contributed by atoms with Crippen molar-refractivity contribution in [1.82, 2.24) is 9.44 Å². The summed E-state index contributed by atoms with van der Waals surface area (Å²) < 4.78 is 47.3. The van der Waals surface area contributed by atoms with Gasteiger partial charge >= 0.3 is 0 Å². The van der Waals surface area contributed by atoms with Crippen molar-refractivity contribution in [3.05, 3.63) is 0 Å². The van der Waals surface area contributed by atoms with E-state index in [1.807, 2.05) is 0 Å². The first-order chi connectivity index (χ1) is 6.27. The van der Waals surface area contributed by atoms with Crippen LogP contribution in [0.5, 0.6) is 0 Å². The predicted octanol–water partition coefficient (Wildman–Crippen LogP) is -0.802. The lowest BCUT2D eigenvalue weighted by Crippen LogP contribution is -2.29. The summed E-state index contributed by atoms with van der Waals surface area (Å²) in [6.07, 6.45) is 1.47. The van der Waals surface area contributed by atoms with Gasteiger partial charge in [-0.2, -0.15) is 0 Å². The number of hydrogen-bond acceptors (Lipinski definition) is 4. The lowest BCUT2D eigenvalue weighted by atomic mass is 10.4. The summed E-state index contributed by atoms with van der Waals surface area (Å²) in [7, 11) is -6.43. The molecule has 0 unspecified atom stereocenters. The van der Waals surface area contributed by atoms with Crippen LogP contribution < -0.4 is 9.44 Å². The molecule has 0 saturated carbocycles. The Bertz CT molecular complexity index is 350. The molecule has 0 aliphatic heterocycles. The number of alkyl halides is 1. The summed E-state index contributed by atoms with van der Waals surface area (Å²) in [4.78, 5) is 0. The zero-order chi connectivity index (χ0) is 11.2. The van der Waals surface area contributed by atoms with Crippen molar-refractivity contribution in [3.8, 4) is 0 Å². The molecule has 0 amide bonds. The number of sulfonamides is 2. The van der Waals surface area contributed by atoms with Gasteiger partial charge in [0.2, 0.25) is 20.0 Å². The molecular weight excluding hydrogens is 296 g/mol. The maximum atomic E-state index is 10.9. The maximum absolute atomic E-state index is 10.9. The van der Waals surface area contributed by atoms with Gasteiger partial charge < -0.3 is 0 Å². The molecule has 6 nitrogen and oxygen atoms in total. The predicted molar refractivity (Wildman–Crippen MR) is 58.2 cm³/mol. The minimum atomic E-state index is -3.25. The van der Waals surface area contributed by atoms with E-state index < -0.39 is 20.0 Å². The zero-order valence-corrected chi connectivity index (χ0v) is 10.9. The summed E-state index contributed by atoms with van der Waals surface area (Å²) >= 11 is 2.81. The Kier molecular flexibility index (Phi) is 6.14. The smallest absolute Gasteiger partial charge is 0.215 e. The van der Waals surface area contributed by atoms with Crippen molar-refractivity contribution in [2.75, 3.05) is 24.0 Å².